The van der Waals surface area contributed by atoms with Crippen LogP contribution in [0.15, 0.2) is 48.5 Å². The monoisotopic (exact) mass is 256 g/mol. The lowest BCUT2D eigenvalue weighted by molar-refractivity contribution is -0.117. The summed E-state index contributed by atoms with van der Waals surface area (Å²) < 4.78 is 0. The van der Waals surface area contributed by atoms with Gasteiger partial charge >= 0.3 is 0 Å². The lowest BCUT2D eigenvalue weighted by Crippen LogP contribution is -2.27. The fourth-order valence-corrected chi connectivity index (χ4v) is 1.72. The standard InChI is InChI=1S/C15H16N2O2/c1-10-7-8-12(9-13(10)18)17-15(19)14(16)11-5-3-2-4-6-11/h2-9,14,18H,16H2,1H3,(H,17,19)/t14-/m1/s1. The Kier molecular flexibility index (Phi) is 3.82. The zero-order chi connectivity index (χ0) is 13.8. The number of aromatic hydroxyl groups is 1. The van der Waals surface area contributed by atoms with Crippen molar-refractivity contribution < 1.29 is 9.90 Å². The molecule has 0 saturated heterocycles. The fourth-order valence-electron chi connectivity index (χ4n) is 1.72. The average molecular weight is 256 g/mol. The van der Waals surface area contributed by atoms with Crippen LogP contribution in [0.4, 0.5) is 5.69 Å². The number of amides is 1. The molecule has 0 aliphatic heterocycles. The summed E-state index contributed by atoms with van der Waals surface area (Å²) in [6, 6.07) is 13.4. The molecular formula is C15H16N2O2. The molecule has 0 fully saturated rings. The fraction of sp³-hybridized carbons (Fsp3) is 0.133. The minimum absolute atomic E-state index is 0.145. The largest absolute Gasteiger partial charge is 0.508 e. The number of carbonyl (C=O) groups is 1. The number of benzene rings is 2. The van der Waals surface area contributed by atoms with Crippen molar-refractivity contribution in [3.63, 3.8) is 0 Å². The second-order valence-electron chi connectivity index (χ2n) is 4.38. The number of hydrogen-bond acceptors (Lipinski definition) is 3. The number of aryl methyl sites for hydroxylation is 1. The lowest BCUT2D eigenvalue weighted by Gasteiger charge is -2.13. The van der Waals surface area contributed by atoms with Crippen LogP contribution >= 0.6 is 0 Å². The van der Waals surface area contributed by atoms with Crippen LogP contribution in [0.25, 0.3) is 0 Å². The molecule has 0 aliphatic carbocycles. The first-order valence-electron chi connectivity index (χ1n) is 5.99. The van der Waals surface area contributed by atoms with E-state index in [1.165, 1.54) is 6.07 Å². The van der Waals surface area contributed by atoms with Crippen molar-refractivity contribution in [1.82, 2.24) is 0 Å². The molecular weight excluding hydrogens is 240 g/mol. The van der Waals surface area contributed by atoms with E-state index in [-0.39, 0.29) is 11.7 Å². The van der Waals surface area contributed by atoms with Crippen LogP contribution in [0.2, 0.25) is 0 Å². The Morgan fingerprint density at radius 3 is 2.53 bits per heavy atom. The minimum Gasteiger partial charge on any atom is -0.508 e. The van der Waals surface area contributed by atoms with E-state index in [0.717, 1.165) is 11.1 Å². The molecule has 1 atom stereocenters. The number of nitrogens with one attached hydrogen (secondary N) is 1. The number of carbonyl (C=O) groups excluding carboxylic acids is 1. The quantitative estimate of drug-likeness (QED) is 0.789. The second-order valence-corrected chi connectivity index (χ2v) is 4.38. The van der Waals surface area contributed by atoms with Crippen molar-refractivity contribution in [3.05, 3.63) is 59.7 Å². The highest BCUT2D eigenvalue weighted by molar-refractivity contribution is 5.95. The molecule has 4 N–H and O–H groups in total. The molecule has 0 bridgehead atoms. The Morgan fingerprint density at radius 1 is 1.21 bits per heavy atom. The Labute approximate surface area is 111 Å². The first-order chi connectivity index (χ1) is 9.08. The van der Waals surface area contributed by atoms with E-state index in [1.807, 2.05) is 18.2 Å². The number of phenolic OH excluding ortho intramolecular Hbond substituents is 1. The summed E-state index contributed by atoms with van der Waals surface area (Å²) in [6.07, 6.45) is 0. The molecule has 4 nitrogen and oxygen atoms in total. The van der Waals surface area contributed by atoms with E-state index in [0.29, 0.717) is 5.69 Å². The van der Waals surface area contributed by atoms with E-state index >= 15 is 0 Å². The van der Waals surface area contributed by atoms with Crippen molar-refractivity contribution >= 4 is 11.6 Å². The Morgan fingerprint density at radius 2 is 1.89 bits per heavy atom. The molecule has 98 valence electrons. The smallest absolute Gasteiger partial charge is 0.245 e. The molecule has 0 aromatic heterocycles. The van der Waals surface area contributed by atoms with Crippen LogP contribution in [0.3, 0.4) is 0 Å². The molecule has 19 heavy (non-hydrogen) atoms. The van der Waals surface area contributed by atoms with Gasteiger partial charge in [0.2, 0.25) is 5.91 Å². The molecule has 2 aromatic rings. The van der Waals surface area contributed by atoms with Crippen LogP contribution in [0, 0.1) is 6.92 Å². The summed E-state index contributed by atoms with van der Waals surface area (Å²) in [5, 5.41) is 12.3. The number of hydrogen-bond donors (Lipinski definition) is 3. The zero-order valence-corrected chi connectivity index (χ0v) is 10.6. The van der Waals surface area contributed by atoms with Crippen LogP contribution in [-0.2, 0) is 4.79 Å². The normalized spacial score (nSPS) is 11.9. The van der Waals surface area contributed by atoms with Crippen molar-refractivity contribution in [2.45, 2.75) is 13.0 Å². The van der Waals surface area contributed by atoms with Crippen molar-refractivity contribution in [2.24, 2.45) is 5.73 Å². The van der Waals surface area contributed by atoms with Gasteiger partial charge in [-0.2, -0.15) is 0 Å². The first-order valence-corrected chi connectivity index (χ1v) is 5.99. The average Bonchev–Trinajstić information content (AvgIpc) is 2.43. The molecule has 0 radical (unpaired) electrons. The van der Waals surface area contributed by atoms with Crippen molar-refractivity contribution in [1.29, 1.82) is 0 Å². The molecule has 0 spiro atoms. The van der Waals surface area contributed by atoms with Gasteiger partial charge in [0.15, 0.2) is 0 Å². The van der Waals surface area contributed by atoms with Crippen molar-refractivity contribution in [2.75, 3.05) is 5.32 Å². The van der Waals surface area contributed by atoms with E-state index in [4.69, 9.17) is 5.73 Å². The van der Waals surface area contributed by atoms with Gasteiger partial charge < -0.3 is 16.2 Å². The van der Waals surface area contributed by atoms with Crippen LogP contribution in [-0.4, -0.2) is 11.0 Å². The first kappa shape index (κ1) is 13.1. The van der Waals surface area contributed by atoms with Crippen LogP contribution in [0.1, 0.15) is 17.2 Å². The molecule has 2 rings (SSSR count). The highest BCUT2D eigenvalue weighted by Crippen LogP contribution is 2.21. The Hall–Kier alpha value is -2.33. The molecule has 0 aliphatic rings. The van der Waals surface area contributed by atoms with Gasteiger partial charge in [0.1, 0.15) is 11.8 Å². The highest BCUT2D eigenvalue weighted by atomic mass is 16.3. The van der Waals surface area contributed by atoms with Gasteiger partial charge in [0.25, 0.3) is 0 Å². The summed E-state index contributed by atoms with van der Waals surface area (Å²) in [4.78, 5) is 12.0. The predicted octanol–water partition coefficient (Wildman–Crippen LogP) is 2.34. The zero-order valence-electron chi connectivity index (χ0n) is 10.6. The van der Waals surface area contributed by atoms with Gasteiger partial charge in [-0.15, -0.1) is 0 Å². The summed E-state index contributed by atoms with van der Waals surface area (Å²) in [5.74, 6) is -0.166. The SMILES string of the molecule is Cc1ccc(NC(=O)[C@H](N)c2ccccc2)cc1O. The summed E-state index contributed by atoms with van der Waals surface area (Å²) in [7, 11) is 0. The molecule has 4 heteroatoms. The van der Waals surface area contributed by atoms with E-state index in [2.05, 4.69) is 5.32 Å². The minimum atomic E-state index is -0.732. The lowest BCUT2D eigenvalue weighted by atomic mass is 10.1. The molecule has 0 heterocycles. The summed E-state index contributed by atoms with van der Waals surface area (Å²) in [6.45, 7) is 1.79. The summed E-state index contributed by atoms with van der Waals surface area (Å²) in [5.41, 5.74) is 7.91. The molecule has 2 aromatic carbocycles. The number of nitrogens with two attached hydrogens (primary N) is 1. The van der Waals surface area contributed by atoms with Gasteiger partial charge in [0.05, 0.1) is 0 Å². The predicted molar refractivity (Wildman–Crippen MR) is 74.8 cm³/mol. The third kappa shape index (κ3) is 3.11. The van der Waals surface area contributed by atoms with Gasteiger partial charge in [0, 0.05) is 11.8 Å². The maximum absolute atomic E-state index is 12.0. The van der Waals surface area contributed by atoms with E-state index in [9.17, 15) is 9.90 Å². The second kappa shape index (κ2) is 5.54. The molecule has 0 saturated carbocycles. The third-order valence-corrected chi connectivity index (χ3v) is 2.92. The number of rotatable bonds is 3. The van der Waals surface area contributed by atoms with E-state index in [1.54, 1.807) is 31.2 Å². The maximum atomic E-state index is 12.0. The Balaban J connectivity index is 2.10. The summed E-state index contributed by atoms with van der Waals surface area (Å²) >= 11 is 0. The third-order valence-electron chi connectivity index (χ3n) is 2.92. The number of phenols is 1. The van der Waals surface area contributed by atoms with Crippen molar-refractivity contribution in [3.8, 4) is 5.75 Å². The number of anilines is 1. The van der Waals surface area contributed by atoms with Crippen LogP contribution in [0.5, 0.6) is 5.75 Å². The van der Waals surface area contributed by atoms with Gasteiger partial charge in [-0.1, -0.05) is 36.4 Å². The van der Waals surface area contributed by atoms with E-state index < -0.39 is 6.04 Å². The van der Waals surface area contributed by atoms with Gasteiger partial charge in [-0.25, -0.2) is 0 Å². The molecule has 1 amide bonds. The Bertz CT molecular complexity index is 582. The highest BCUT2D eigenvalue weighted by Gasteiger charge is 2.15. The van der Waals surface area contributed by atoms with Gasteiger partial charge in [-0.3, -0.25) is 4.79 Å². The maximum Gasteiger partial charge on any atom is 0.245 e. The topological polar surface area (TPSA) is 75.4 Å². The molecule has 0 unspecified atom stereocenters. The van der Waals surface area contributed by atoms with Crippen LogP contribution < -0.4 is 11.1 Å². The van der Waals surface area contributed by atoms with Gasteiger partial charge in [-0.05, 0) is 24.1 Å².